The van der Waals surface area contributed by atoms with Crippen molar-refractivity contribution in [1.29, 1.82) is 0 Å². The maximum absolute atomic E-state index is 12.8. The quantitative estimate of drug-likeness (QED) is 0.907. The van der Waals surface area contributed by atoms with Gasteiger partial charge in [-0.1, -0.05) is 32.3 Å². The van der Waals surface area contributed by atoms with Crippen LogP contribution in [0.15, 0.2) is 29.2 Å². The third-order valence-electron chi connectivity index (χ3n) is 3.98. The van der Waals surface area contributed by atoms with Crippen molar-refractivity contribution in [3.63, 3.8) is 0 Å². The number of aromatic carboxylic acids is 1. The highest BCUT2D eigenvalue weighted by Gasteiger charge is 2.31. The number of carboxylic acids is 1. The van der Waals surface area contributed by atoms with Crippen LogP contribution in [0, 0.1) is 0 Å². The van der Waals surface area contributed by atoms with Crippen molar-refractivity contribution in [2.45, 2.75) is 50.0 Å². The fourth-order valence-corrected chi connectivity index (χ4v) is 4.66. The molecule has 6 heteroatoms. The first-order chi connectivity index (χ1) is 9.96. The molecule has 1 aromatic rings. The SMILES string of the molecule is CCN(C1CCCCC1)S(=O)(=O)c1cccc(C(=O)O)c1. The van der Waals surface area contributed by atoms with Crippen LogP contribution in [-0.4, -0.2) is 36.4 Å². The Bertz CT molecular complexity index is 606. The highest BCUT2D eigenvalue weighted by Crippen LogP contribution is 2.27. The lowest BCUT2D eigenvalue weighted by molar-refractivity contribution is 0.0696. The molecule has 0 bridgehead atoms. The van der Waals surface area contributed by atoms with Crippen molar-refractivity contribution < 1.29 is 18.3 Å². The standard InChI is InChI=1S/C15H21NO4S/c1-2-16(13-8-4-3-5-9-13)21(19,20)14-10-6-7-12(11-14)15(17)18/h6-7,10-11,13H,2-5,8-9H2,1H3,(H,17,18). The molecule has 0 radical (unpaired) electrons. The molecule has 0 saturated heterocycles. The van der Waals surface area contributed by atoms with Gasteiger partial charge in [-0.3, -0.25) is 0 Å². The molecule has 2 rings (SSSR count). The van der Waals surface area contributed by atoms with Gasteiger partial charge in [-0.05, 0) is 31.0 Å². The van der Waals surface area contributed by atoms with E-state index in [4.69, 9.17) is 5.11 Å². The van der Waals surface area contributed by atoms with E-state index in [0.717, 1.165) is 32.1 Å². The molecule has 116 valence electrons. The Morgan fingerprint density at radius 2 is 1.95 bits per heavy atom. The van der Waals surface area contributed by atoms with Crippen molar-refractivity contribution in [2.24, 2.45) is 0 Å². The van der Waals surface area contributed by atoms with Gasteiger partial charge >= 0.3 is 5.97 Å². The minimum absolute atomic E-state index is 0.00391. The zero-order chi connectivity index (χ0) is 15.5. The van der Waals surface area contributed by atoms with E-state index in [-0.39, 0.29) is 16.5 Å². The van der Waals surface area contributed by atoms with Crippen molar-refractivity contribution in [2.75, 3.05) is 6.54 Å². The van der Waals surface area contributed by atoms with E-state index in [2.05, 4.69) is 0 Å². The summed E-state index contributed by atoms with van der Waals surface area (Å²) in [6.45, 7) is 2.23. The fourth-order valence-electron chi connectivity index (χ4n) is 2.92. The molecule has 1 fully saturated rings. The zero-order valence-corrected chi connectivity index (χ0v) is 13.0. The Morgan fingerprint density at radius 1 is 1.29 bits per heavy atom. The number of benzene rings is 1. The predicted molar refractivity (Wildman–Crippen MR) is 79.8 cm³/mol. The monoisotopic (exact) mass is 311 g/mol. The van der Waals surface area contributed by atoms with Crippen molar-refractivity contribution >= 4 is 16.0 Å². The van der Waals surface area contributed by atoms with Crippen LogP contribution in [0.1, 0.15) is 49.4 Å². The Hall–Kier alpha value is -1.40. The van der Waals surface area contributed by atoms with Gasteiger partial charge in [0.1, 0.15) is 0 Å². The Labute approximate surface area is 125 Å². The van der Waals surface area contributed by atoms with Crippen LogP contribution in [0.4, 0.5) is 0 Å². The van der Waals surface area contributed by atoms with Gasteiger partial charge in [-0.2, -0.15) is 4.31 Å². The molecule has 5 nitrogen and oxygen atoms in total. The summed E-state index contributed by atoms with van der Waals surface area (Å²) in [5.41, 5.74) is -0.00391. The molecule has 0 aliphatic heterocycles. The number of hydrogen-bond acceptors (Lipinski definition) is 3. The van der Waals surface area contributed by atoms with E-state index in [9.17, 15) is 13.2 Å². The molecule has 0 aromatic heterocycles. The second kappa shape index (κ2) is 6.58. The molecule has 0 atom stereocenters. The van der Waals surface area contributed by atoms with Crippen LogP contribution in [-0.2, 0) is 10.0 Å². The van der Waals surface area contributed by atoms with Crippen LogP contribution < -0.4 is 0 Å². The third-order valence-corrected chi connectivity index (χ3v) is 6.00. The van der Waals surface area contributed by atoms with Gasteiger partial charge in [0.15, 0.2) is 0 Å². The average molecular weight is 311 g/mol. The van der Waals surface area contributed by atoms with Gasteiger partial charge < -0.3 is 5.11 Å². The molecule has 0 amide bonds. The highest BCUT2D eigenvalue weighted by atomic mass is 32.2. The summed E-state index contributed by atoms with van der Waals surface area (Å²) in [6.07, 6.45) is 5.01. The number of rotatable bonds is 5. The Balaban J connectivity index is 2.34. The number of nitrogens with zero attached hydrogens (tertiary/aromatic N) is 1. The molecule has 1 aliphatic carbocycles. The Kier molecular flexibility index (Phi) is 5.00. The fraction of sp³-hybridized carbons (Fsp3) is 0.533. The summed E-state index contributed by atoms with van der Waals surface area (Å²) in [6, 6.07) is 5.61. The van der Waals surface area contributed by atoms with E-state index in [1.165, 1.54) is 28.6 Å². The first-order valence-corrected chi connectivity index (χ1v) is 8.76. The number of sulfonamides is 1. The van der Waals surface area contributed by atoms with E-state index in [1.54, 1.807) is 0 Å². The van der Waals surface area contributed by atoms with Crippen molar-refractivity contribution in [1.82, 2.24) is 4.31 Å². The topological polar surface area (TPSA) is 74.7 Å². The summed E-state index contributed by atoms with van der Waals surface area (Å²) in [5.74, 6) is -1.12. The molecule has 1 aromatic carbocycles. The Morgan fingerprint density at radius 3 is 2.52 bits per heavy atom. The van der Waals surface area contributed by atoms with Crippen LogP contribution in [0.3, 0.4) is 0 Å². The number of carboxylic acid groups (broad SMARTS) is 1. The van der Waals surface area contributed by atoms with Crippen molar-refractivity contribution in [3.8, 4) is 0 Å². The molecular formula is C15H21NO4S. The van der Waals surface area contributed by atoms with Gasteiger partial charge in [-0.15, -0.1) is 0 Å². The van der Waals surface area contributed by atoms with Gasteiger partial charge in [0.25, 0.3) is 0 Å². The van der Waals surface area contributed by atoms with Crippen molar-refractivity contribution in [3.05, 3.63) is 29.8 Å². The summed E-state index contributed by atoms with van der Waals surface area (Å²) >= 11 is 0. The summed E-state index contributed by atoms with van der Waals surface area (Å²) in [5, 5.41) is 9.01. The van der Waals surface area contributed by atoms with Gasteiger partial charge in [0.2, 0.25) is 10.0 Å². The average Bonchev–Trinajstić information content (AvgIpc) is 2.49. The van der Waals surface area contributed by atoms with E-state index < -0.39 is 16.0 Å². The lowest BCUT2D eigenvalue weighted by atomic mass is 9.95. The second-order valence-corrected chi connectivity index (χ2v) is 7.22. The first-order valence-electron chi connectivity index (χ1n) is 7.32. The third kappa shape index (κ3) is 3.44. The maximum Gasteiger partial charge on any atom is 0.335 e. The first kappa shape index (κ1) is 16.0. The molecule has 0 unspecified atom stereocenters. The largest absolute Gasteiger partial charge is 0.478 e. The van der Waals surface area contributed by atoms with Crippen LogP contribution in [0.25, 0.3) is 0 Å². The number of carbonyl (C=O) groups is 1. The molecule has 21 heavy (non-hydrogen) atoms. The molecular weight excluding hydrogens is 290 g/mol. The molecule has 1 aliphatic rings. The van der Waals surface area contributed by atoms with Crippen LogP contribution in [0.5, 0.6) is 0 Å². The van der Waals surface area contributed by atoms with Gasteiger partial charge in [0, 0.05) is 12.6 Å². The van der Waals surface area contributed by atoms with Crippen LogP contribution >= 0.6 is 0 Å². The van der Waals surface area contributed by atoms with E-state index in [0.29, 0.717) is 6.54 Å². The number of hydrogen-bond donors (Lipinski definition) is 1. The predicted octanol–water partition coefficient (Wildman–Crippen LogP) is 2.73. The lowest BCUT2D eigenvalue weighted by Crippen LogP contribution is -2.41. The molecule has 0 spiro atoms. The summed E-state index contributed by atoms with van der Waals surface area (Å²) in [4.78, 5) is 11.1. The second-order valence-electron chi connectivity index (χ2n) is 5.33. The molecule has 1 N–H and O–H groups in total. The zero-order valence-electron chi connectivity index (χ0n) is 12.2. The minimum Gasteiger partial charge on any atom is -0.478 e. The molecule has 1 saturated carbocycles. The summed E-state index contributed by atoms with van der Waals surface area (Å²) in [7, 11) is -3.64. The smallest absolute Gasteiger partial charge is 0.335 e. The normalized spacial score (nSPS) is 17.0. The van der Waals surface area contributed by atoms with Crippen LogP contribution in [0.2, 0.25) is 0 Å². The van der Waals surface area contributed by atoms with E-state index in [1.807, 2.05) is 6.92 Å². The maximum atomic E-state index is 12.8. The lowest BCUT2D eigenvalue weighted by Gasteiger charge is -2.32. The minimum atomic E-state index is -3.64. The highest BCUT2D eigenvalue weighted by molar-refractivity contribution is 7.89. The van der Waals surface area contributed by atoms with Gasteiger partial charge in [0.05, 0.1) is 10.5 Å². The van der Waals surface area contributed by atoms with E-state index >= 15 is 0 Å². The molecule has 0 heterocycles. The summed E-state index contributed by atoms with van der Waals surface area (Å²) < 4.78 is 27.1. The van der Waals surface area contributed by atoms with Gasteiger partial charge in [-0.25, -0.2) is 13.2 Å².